The number of carbonyl (C=O) groups excluding carboxylic acids is 1. The molecule has 0 radical (unpaired) electrons. The highest BCUT2D eigenvalue weighted by Crippen LogP contribution is 2.26. The Morgan fingerprint density at radius 3 is 2.52 bits per heavy atom. The standard InChI is InChI=1S/C19H28N2O5S/c1-6-25-18(22)19(2,3)14-26-27(23,24)21-13-15(11-12-20(4)5)16-9-7-8-10-17(16)21/h7-10,13H,6,11-12,14H2,1-5H3. The fraction of sp³-hybridized carbons (Fsp3) is 0.526. The number of aromatic nitrogens is 1. The third kappa shape index (κ3) is 5.09. The Labute approximate surface area is 161 Å². The second kappa shape index (κ2) is 8.41. The van der Waals surface area contributed by atoms with Crippen LogP contribution in [0.1, 0.15) is 26.3 Å². The summed E-state index contributed by atoms with van der Waals surface area (Å²) >= 11 is 0. The van der Waals surface area contributed by atoms with E-state index in [2.05, 4.69) is 0 Å². The van der Waals surface area contributed by atoms with Gasteiger partial charge in [0.15, 0.2) is 0 Å². The van der Waals surface area contributed by atoms with Gasteiger partial charge in [0, 0.05) is 18.1 Å². The quantitative estimate of drug-likeness (QED) is 0.606. The van der Waals surface area contributed by atoms with E-state index in [0.29, 0.717) is 11.9 Å². The van der Waals surface area contributed by atoms with Crippen LogP contribution in [0.5, 0.6) is 0 Å². The van der Waals surface area contributed by atoms with Crippen molar-refractivity contribution in [2.75, 3.05) is 33.9 Å². The van der Waals surface area contributed by atoms with Gasteiger partial charge < -0.3 is 9.64 Å². The van der Waals surface area contributed by atoms with E-state index in [1.807, 2.05) is 31.1 Å². The number of hydrogen-bond acceptors (Lipinski definition) is 6. The van der Waals surface area contributed by atoms with Gasteiger partial charge in [-0.1, -0.05) is 18.2 Å². The van der Waals surface area contributed by atoms with Crippen LogP contribution in [-0.2, 0) is 30.4 Å². The van der Waals surface area contributed by atoms with E-state index in [4.69, 9.17) is 8.92 Å². The van der Waals surface area contributed by atoms with Crippen LogP contribution in [0.4, 0.5) is 0 Å². The third-order valence-corrected chi connectivity index (χ3v) is 5.43. The monoisotopic (exact) mass is 396 g/mol. The Hall–Kier alpha value is -1.90. The lowest BCUT2D eigenvalue weighted by atomic mass is 9.95. The van der Waals surface area contributed by atoms with Crippen LogP contribution >= 0.6 is 0 Å². The maximum absolute atomic E-state index is 12.8. The van der Waals surface area contributed by atoms with Gasteiger partial charge in [0.25, 0.3) is 0 Å². The van der Waals surface area contributed by atoms with Gasteiger partial charge in [0.1, 0.15) is 0 Å². The average molecular weight is 397 g/mol. The molecule has 2 aromatic rings. The van der Waals surface area contributed by atoms with Gasteiger partial charge in [-0.2, -0.15) is 8.42 Å². The topological polar surface area (TPSA) is 77.8 Å². The molecule has 150 valence electrons. The summed E-state index contributed by atoms with van der Waals surface area (Å²) in [6, 6.07) is 7.30. The lowest BCUT2D eigenvalue weighted by Crippen LogP contribution is -2.33. The highest BCUT2D eigenvalue weighted by Gasteiger charge is 2.32. The van der Waals surface area contributed by atoms with E-state index in [0.717, 1.165) is 21.5 Å². The highest BCUT2D eigenvalue weighted by molar-refractivity contribution is 7.85. The summed E-state index contributed by atoms with van der Waals surface area (Å²) in [6.07, 6.45) is 2.31. The summed E-state index contributed by atoms with van der Waals surface area (Å²) in [5.74, 6) is -0.496. The second-order valence-corrected chi connectivity index (χ2v) is 8.83. The summed E-state index contributed by atoms with van der Waals surface area (Å²) in [6.45, 7) is 5.62. The zero-order valence-corrected chi connectivity index (χ0v) is 17.4. The van der Waals surface area contributed by atoms with Gasteiger partial charge in [-0.15, -0.1) is 0 Å². The molecular formula is C19H28N2O5S. The lowest BCUT2D eigenvalue weighted by Gasteiger charge is -2.21. The Kier molecular flexibility index (Phi) is 6.67. The van der Waals surface area contributed by atoms with E-state index in [1.165, 1.54) is 0 Å². The van der Waals surface area contributed by atoms with Crippen molar-refractivity contribution in [3.05, 3.63) is 36.0 Å². The minimum absolute atomic E-state index is 0.229. The molecule has 0 spiro atoms. The van der Waals surface area contributed by atoms with Crippen LogP contribution < -0.4 is 0 Å². The molecule has 0 fully saturated rings. The number of ether oxygens (including phenoxy) is 1. The Morgan fingerprint density at radius 2 is 1.89 bits per heavy atom. The van der Waals surface area contributed by atoms with Gasteiger partial charge in [-0.25, -0.2) is 3.97 Å². The average Bonchev–Trinajstić information content (AvgIpc) is 2.98. The SMILES string of the molecule is CCOC(=O)C(C)(C)COS(=O)(=O)n1cc(CCN(C)C)c2ccccc21. The molecule has 0 aliphatic rings. The molecule has 8 heteroatoms. The van der Waals surface area contributed by atoms with Crippen molar-refractivity contribution in [2.45, 2.75) is 27.2 Å². The molecule has 2 rings (SSSR count). The Balaban J connectivity index is 2.30. The van der Waals surface area contributed by atoms with E-state index in [9.17, 15) is 13.2 Å². The first-order chi connectivity index (χ1) is 12.6. The number of nitrogens with zero attached hydrogens (tertiary/aromatic N) is 2. The molecule has 0 N–H and O–H groups in total. The van der Waals surface area contributed by atoms with Crippen molar-refractivity contribution in [1.82, 2.24) is 8.87 Å². The van der Waals surface area contributed by atoms with Gasteiger partial charge in [0.2, 0.25) is 0 Å². The summed E-state index contributed by atoms with van der Waals surface area (Å²) in [5, 5.41) is 0.871. The predicted octanol–water partition coefficient (Wildman–Crippen LogP) is 2.44. The van der Waals surface area contributed by atoms with E-state index in [-0.39, 0.29) is 13.2 Å². The molecule has 0 bridgehead atoms. The normalized spacial score (nSPS) is 12.7. The van der Waals surface area contributed by atoms with E-state index in [1.54, 1.807) is 39.1 Å². The molecule has 0 unspecified atom stereocenters. The zero-order chi connectivity index (χ0) is 20.2. The van der Waals surface area contributed by atoms with Gasteiger partial charge >= 0.3 is 16.3 Å². The second-order valence-electron chi connectivity index (χ2n) is 7.34. The lowest BCUT2D eigenvalue weighted by molar-refractivity contribution is -0.154. The molecule has 7 nitrogen and oxygen atoms in total. The van der Waals surface area contributed by atoms with Gasteiger partial charge in [-0.3, -0.25) is 8.98 Å². The van der Waals surface area contributed by atoms with Crippen LogP contribution in [0.25, 0.3) is 10.9 Å². The number of rotatable bonds is 9. The van der Waals surface area contributed by atoms with Crippen molar-refractivity contribution in [1.29, 1.82) is 0 Å². The molecule has 1 heterocycles. The first-order valence-corrected chi connectivity index (χ1v) is 10.3. The van der Waals surface area contributed by atoms with Crippen molar-refractivity contribution in [2.24, 2.45) is 5.41 Å². The Morgan fingerprint density at radius 1 is 1.22 bits per heavy atom. The summed E-state index contributed by atoms with van der Waals surface area (Å²) in [7, 11) is -0.153. The molecule has 0 saturated carbocycles. The minimum atomic E-state index is -4.09. The Bertz CT molecular complexity index is 900. The van der Waals surface area contributed by atoms with Crippen LogP contribution in [0.2, 0.25) is 0 Å². The van der Waals surface area contributed by atoms with Crippen LogP contribution in [0.15, 0.2) is 30.5 Å². The van der Waals surface area contributed by atoms with Gasteiger partial charge in [0.05, 0.1) is 24.1 Å². The molecule has 1 aromatic carbocycles. The smallest absolute Gasteiger partial charge is 0.366 e. The maximum atomic E-state index is 12.8. The number of fused-ring (bicyclic) bond motifs is 1. The molecule has 0 saturated heterocycles. The first-order valence-electron chi connectivity index (χ1n) is 8.89. The molecule has 27 heavy (non-hydrogen) atoms. The fourth-order valence-electron chi connectivity index (χ4n) is 2.61. The molecule has 0 aliphatic carbocycles. The van der Waals surface area contributed by atoms with Crippen molar-refractivity contribution in [3.8, 4) is 0 Å². The molecule has 0 amide bonds. The minimum Gasteiger partial charge on any atom is -0.466 e. The molecule has 0 aliphatic heterocycles. The van der Waals surface area contributed by atoms with Gasteiger partial charge in [-0.05, 0) is 52.9 Å². The van der Waals surface area contributed by atoms with E-state index < -0.39 is 21.7 Å². The molecular weight excluding hydrogens is 368 g/mol. The van der Waals surface area contributed by atoms with Crippen LogP contribution in [0, 0.1) is 5.41 Å². The summed E-state index contributed by atoms with van der Waals surface area (Å²) in [4.78, 5) is 14.0. The van der Waals surface area contributed by atoms with Crippen LogP contribution in [0.3, 0.4) is 0 Å². The number of carbonyl (C=O) groups is 1. The zero-order valence-electron chi connectivity index (χ0n) is 16.6. The van der Waals surface area contributed by atoms with Crippen molar-refractivity contribution in [3.63, 3.8) is 0 Å². The molecule has 1 aromatic heterocycles. The number of likely N-dealkylation sites (N-methyl/N-ethyl adjacent to an activating group) is 1. The number of hydrogen-bond donors (Lipinski definition) is 0. The highest BCUT2D eigenvalue weighted by atomic mass is 32.2. The van der Waals surface area contributed by atoms with Crippen LogP contribution in [-0.4, -0.2) is 57.1 Å². The number of para-hydroxylation sites is 1. The molecule has 0 atom stereocenters. The summed E-state index contributed by atoms with van der Waals surface area (Å²) < 4.78 is 37.0. The number of esters is 1. The first kappa shape index (κ1) is 21.4. The van der Waals surface area contributed by atoms with E-state index >= 15 is 0 Å². The largest absolute Gasteiger partial charge is 0.466 e. The summed E-state index contributed by atoms with van der Waals surface area (Å²) in [5.41, 5.74) is 0.413. The van der Waals surface area contributed by atoms with Crippen molar-refractivity contribution < 1.29 is 22.1 Å². The third-order valence-electron chi connectivity index (χ3n) is 4.23. The predicted molar refractivity (Wildman–Crippen MR) is 105 cm³/mol. The maximum Gasteiger partial charge on any atom is 0.366 e. The fourth-order valence-corrected chi connectivity index (χ4v) is 3.82. The number of benzene rings is 1. The van der Waals surface area contributed by atoms with Crippen molar-refractivity contribution >= 4 is 27.2 Å².